The minimum Gasteiger partial charge on any atom is -0.308 e. The number of aromatic nitrogens is 1. The molecular formula is C14H13FN2O. The van der Waals surface area contributed by atoms with Crippen molar-refractivity contribution in [2.24, 2.45) is 0 Å². The Balaban J connectivity index is 2.27. The molecule has 0 aliphatic heterocycles. The molecule has 0 N–H and O–H groups in total. The highest BCUT2D eigenvalue weighted by atomic mass is 19.1. The van der Waals surface area contributed by atoms with Crippen LogP contribution in [0.5, 0.6) is 0 Å². The zero-order valence-electron chi connectivity index (χ0n) is 10.0. The number of hydrogen-bond acceptors (Lipinski definition) is 2. The number of amides is 1. The molecule has 1 heterocycles. The van der Waals surface area contributed by atoms with Gasteiger partial charge in [-0.3, -0.25) is 9.78 Å². The number of carbonyl (C=O) groups excluding carboxylic acids is 1. The highest BCUT2D eigenvalue weighted by Crippen LogP contribution is 2.18. The van der Waals surface area contributed by atoms with E-state index < -0.39 is 0 Å². The van der Waals surface area contributed by atoms with Crippen molar-refractivity contribution < 1.29 is 9.18 Å². The van der Waals surface area contributed by atoms with Crippen molar-refractivity contribution in [3.63, 3.8) is 0 Å². The van der Waals surface area contributed by atoms with E-state index in [1.807, 2.05) is 6.07 Å². The monoisotopic (exact) mass is 244 g/mol. The Morgan fingerprint density at radius 1 is 1.33 bits per heavy atom. The molecule has 0 saturated carbocycles. The average Bonchev–Trinajstić information content (AvgIpc) is 2.37. The summed E-state index contributed by atoms with van der Waals surface area (Å²) in [5, 5.41) is 0. The number of benzene rings is 1. The molecule has 18 heavy (non-hydrogen) atoms. The first kappa shape index (κ1) is 12.2. The molecule has 1 aromatic heterocycles. The molecule has 1 amide bonds. The van der Waals surface area contributed by atoms with Crippen molar-refractivity contribution in [2.75, 3.05) is 4.90 Å². The van der Waals surface area contributed by atoms with Gasteiger partial charge < -0.3 is 4.90 Å². The third-order valence-corrected chi connectivity index (χ3v) is 2.56. The lowest BCUT2D eigenvalue weighted by Gasteiger charge is -2.21. The molecule has 0 radical (unpaired) electrons. The molecule has 0 aliphatic rings. The van der Waals surface area contributed by atoms with E-state index in [2.05, 4.69) is 4.98 Å². The first-order chi connectivity index (χ1) is 8.66. The number of anilines is 1. The second-order valence-corrected chi connectivity index (χ2v) is 3.95. The van der Waals surface area contributed by atoms with Crippen LogP contribution in [-0.2, 0) is 11.3 Å². The number of rotatable bonds is 3. The molecule has 2 rings (SSSR count). The van der Waals surface area contributed by atoms with Crippen LogP contribution in [0, 0.1) is 5.82 Å². The van der Waals surface area contributed by atoms with E-state index in [0.717, 1.165) is 5.56 Å². The zero-order chi connectivity index (χ0) is 13.0. The predicted molar refractivity (Wildman–Crippen MR) is 67.5 cm³/mol. The smallest absolute Gasteiger partial charge is 0.224 e. The minimum absolute atomic E-state index is 0.135. The van der Waals surface area contributed by atoms with Gasteiger partial charge in [0.15, 0.2) is 0 Å². The van der Waals surface area contributed by atoms with Crippen molar-refractivity contribution in [3.05, 3.63) is 60.2 Å². The Hall–Kier alpha value is -2.23. The lowest BCUT2D eigenvalue weighted by atomic mass is 10.2. The Kier molecular flexibility index (Phi) is 3.67. The largest absolute Gasteiger partial charge is 0.308 e. The summed E-state index contributed by atoms with van der Waals surface area (Å²) in [5.41, 5.74) is 1.45. The summed E-state index contributed by atoms with van der Waals surface area (Å²) < 4.78 is 13.2. The normalized spacial score (nSPS) is 10.1. The summed E-state index contributed by atoms with van der Waals surface area (Å²) in [6, 6.07) is 9.68. The molecule has 0 spiro atoms. The second-order valence-electron chi connectivity index (χ2n) is 3.95. The lowest BCUT2D eigenvalue weighted by Crippen LogP contribution is -2.27. The lowest BCUT2D eigenvalue weighted by molar-refractivity contribution is -0.116. The first-order valence-electron chi connectivity index (χ1n) is 5.59. The molecule has 0 bridgehead atoms. The number of pyridine rings is 1. The summed E-state index contributed by atoms with van der Waals surface area (Å²) >= 11 is 0. The maximum atomic E-state index is 13.2. The molecule has 2 aromatic rings. The molecule has 0 saturated heterocycles. The number of nitrogens with zero attached hydrogens (tertiary/aromatic N) is 2. The van der Waals surface area contributed by atoms with Crippen molar-refractivity contribution >= 4 is 11.6 Å². The third-order valence-electron chi connectivity index (χ3n) is 2.56. The summed E-state index contributed by atoms with van der Waals surface area (Å²) in [7, 11) is 0. The Morgan fingerprint density at radius 2 is 2.17 bits per heavy atom. The second kappa shape index (κ2) is 5.40. The van der Waals surface area contributed by atoms with Crippen LogP contribution in [0.2, 0.25) is 0 Å². The third kappa shape index (κ3) is 2.91. The molecule has 1 aromatic carbocycles. The Labute approximate surface area is 105 Å². The van der Waals surface area contributed by atoms with E-state index in [-0.39, 0.29) is 11.7 Å². The number of carbonyl (C=O) groups is 1. The molecule has 0 unspecified atom stereocenters. The quantitative estimate of drug-likeness (QED) is 0.831. The van der Waals surface area contributed by atoms with Gasteiger partial charge in [-0.2, -0.15) is 0 Å². The fourth-order valence-corrected chi connectivity index (χ4v) is 1.70. The van der Waals surface area contributed by atoms with E-state index in [1.165, 1.54) is 24.0 Å². The van der Waals surface area contributed by atoms with Crippen LogP contribution in [0.3, 0.4) is 0 Å². The molecule has 0 aliphatic carbocycles. The highest BCUT2D eigenvalue weighted by Gasteiger charge is 2.12. The van der Waals surface area contributed by atoms with Gasteiger partial charge in [0.25, 0.3) is 0 Å². The van der Waals surface area contributed by atoms with Gasteiger partial charge in [-0.15, -0.1) is 0 Å². The fraction of sp³-hybridized carbons (Fsp3) is 0.143. The van der Waals surface area contributed by atoms with Crippen molar-refractivity contribution in [2.45, 2.75) is 13.5 Å². The van der Waals surface area contributed by atoms with E-state index in [0.29, 0.717) is 12.2 Å². The predicted octanol–water partition coefficient (Wildman–Crippen LogP) is 2.77. The van der Waals surface area contributed by atoms with Gasteiger partial charge in [-0.05, 0) is 29.8 Å². The van der Waals surface area contributed by atoms with E-state index in [4.69, 9.17) is 0 Å². The topological polar surface area (TPSA) is 33.2 Å². The average molecular weight is 244 g/mol. The van der Waals surface area contributed by atoms with Crippen molar-refractivity contribution in [1.82, 2.24) is 4.98 Å². The molecule has 0 fully saturated rings. The van der Waals surface area contributed by atoms with Crippen LogP contribution in [0.1, 0.15) is 12.5 Å². The van der Waals surface area contributed by atoms with Gasteiger partial charge in [0.2, 0.25) is 5.91 Å². The maximum absolute atomic E-state index is 13.2. The van der Waals surface area contributed by atoms with Gasteiger partial charge in [0.1, 0.15) is 5.82 Å². The van der Waals surface area contributed by atoms with Crippen LogP contribution in [0.4, 0.5) is 10.1 Å². The Bertz CT molecular complexity index is 543. The van der Waals surface area contributed by atoms with E-state index in [1.54, 1.807) is 30.6 Å². The highest BCUT2D eigenvalue weighted by molar-refractivity contribution is 5.91. The van der Waals surface area contributed by atoms with Crippen LogP contribution in [-0.4, -0.2) is 10.9 Å². The van der Waals surface area contributed by atoms with Crippen LogP contribution in [0.25, 0.3) is 0 Å². The molecule has 0 atom stereocenters. The van der Waals surface area contributed by atoms with Gasteiger partial charge in [-0.25, -0.2) is 4.39 Å². The SMILES string of the molecule is CC(=O)N(Cc1cccnc1)c1cccc(F)c1. The van der Waals surface area contributed by atoms with Crippen LogP contribution >= 0.6 is 0 Å². The van der Waals surface area contributed by atoms with Crippen molar-refractivity contribution in [1.29, 1.82) is 0 Å². The number of hydrogen-bond donors (Lipinski definition) is 0. The van der Waals surface area contributed by atoms with Gasteiger partial charge in [0, 0.05) is 25.0 Å². The minimum atomic E-state index is -0.357. The zero-order valence-corrected chi connectivity index (χ0v) is 10.0. The van der Waals surface area contributed by atoms with E-state index in [9.17, 15) is 9.18 Å². The van der Waals surface area contributed by atoms with Gasteiger partial charge in [0.05, 0.1) is 6.54 Å². The standard InChI is InChI=1S/C14H13FN2O/c1-11(18)17(10-12-4-3-7-16-9-12)14-6-2-5-13(15)8-14/h2-9H,10H2,1H3. The summed E-state index contributed by atoms with van der Waals surface area (Å²) in [6.45, 7) is 1.84. The summed E-state index contributed by atoms with van der Waals surface area (Å²) in [6.07, 6.45) is 3.36. The Morgan fingerprint density at radius 3 is 2.78 bits per heavy atom. The van der Waals surface area contributed by atoms with Crippen molar-refractivity contribution in [3.8, 4) is 0 Å². The first-order valence-corrected chi connectivity index (χ1v) is 5.59. The molecule has 3 nitrogen and oxygen atoms in total. The molecular weight excluding hydrogens is 231 g/mol. The summed E-state index contributed by atoms with van der Waals surface area (Å²) in [4.78, 5) is 17.2. The van der Waals surface area contributed by atoms with Gasteiger partial charge in [-0.1, -0.05) is 12.1 Å². The molecule has 4 heteroatoms. The summed E-state index contributed by atoms with van der Waals surface area (Å²) in [5.74, 6) is -0.491. The maximum Gasteiger partial charge on any atom is 0.224 e. The van der Waals surface area contributed by atoms with E-state index >= 15 is 0 Å². The van der Waals surface area contributed by atoms with Crippen LogP contribution in [0.15, 0.2) is 48.8 Å². The van der Waals surface area contributed by atoms with Crippen LogP contribution < -0.4 is 4.90 Å². The fourth-order valence-electron chi connectivity index (χ4n) is 1.70. The molecule has 92 valence electrons. The van der Waals surface area contributed by atoms with Gasteiger partial charge >= 0.3 is 0 Å². The number of halogens is 1.